The Morgan fingerprint density at radius 2 is 2.19 bits per heavy atom. The summed E-state index contributed by atoms with van der Waals surface area (Å²) in [5.41, 5.74) is 6.28. The number of nitrogens with one attached hydrogen (secondary N) is 1. The van der Waals surface area contributed by atoms with E-state index in [1.807, 2.05) is 0 Å². The van der Waals surface area contributed by atoms with E-state index < -0.39 is 29.2 Å². The molecule has 1 saturated heterocycles. The molecule has 184 valence electrons. The zero-order chi connectivity index (χ0) is 25.3. The summed E-state index contributed by atoms with van der Waals surface area (Å²) < 4.78 is 0. The van der Waals surface area contributed by atoms with E-state index in [-0.39, 0.29) is 63.3 Å². The summed E-state index contributed by atoms with van der Waals surface area (Å²) in [6.07, 6.45) is 0. The van der Waals surface area contributed by atoms with Gasteiger partial charge in [-0.1, -0.05) is 21.8 Å². The average molecular weight is 560 g/mol. The minimum atomic E-state index is -1.50. The van der Waals surface area contributed by atoms with Crippen LogP contribution < -0.4 is 50.6 Å². The van der Waals surface area contributed by atoms with Gasteiger partial charge in [-0.05, 0) is 11.6 Å². The van der Waals surface area contributed by atoms with E-state index in [1.165, 1.54) is 36.0 Å². The van der Waals surface area contributed by atoms with Gasteiger partial charge in [0.25, 0.3) is 11.8 Å². The van der Waals surface area contributed by atoms with Crippen molar-refractivity contribution in [3.05, 3.63) is 45.4 Å². The van der Waals surface area contributed by atoms with Gasteiger partial charge in [-0.3, -0.25) is 14.5 Å². The van der Waals surface area contributed by atoms with E-state index in [2.05, 4.69) is 20.6 Å². The third kappa shape index (κ3) is 5.63. The largest absolute Gasteiger partial charge is 1.00 e. The maximum atomic E-state index is 12.9. The van der Waals surface area contributed by atoms with E-state index in [4.69, 9.17) is 10.6 Å². The number of fused-ring (bicyclic) bond motifs is 1. The van der Waals surface area contributed by atoms with E-state index >= 15 is 0 Å². The molecule has 0 aliphatic carbocycles. The van der Waals surface area contributed by atoms with Gasteiger partial charge in [0.1, 0.15) is 24.2 Å². The van der Waals surface area contributed by atoms with E-state index in [1.54, 1.807) is 19.1 Å². The molecule has 2 aliphatic rings. The molecule has 17 heteroatoms. The van der Waals surface area contributed by atoms with Crippen molar-refractivity contribution in [3.63, 3.8) is 0 Å². The van der Waals surface area contributed by atoms with Crippen LogP contribution in [0.25, 0.3) is 0 Å². The first-order chi connectivity index (χ1) is 16.7. The molecular formula is C19H18N7NaO6S3. The Hall–Kier alpha value is -2.37. The van der Waals surface area contributed by atoms with Gasteiger partial charge in [-0.25, -0.2) is 4.98 Å². The second-order valence-corrected chi connectivity index (χ2v) is 10.3. The molecule has 4 heterocycles. The number of aryl methyl sites for hydroxylation is 1. The van der Waals surface area contributed by atoms with Crippen LogP contribution >= 0.6 is 34.9 Å². The number of rotatable bonds is 8. The number of aliphatic carboxylic acids is 1. The van der Waals surface area contributed by atoms with Crippen LogP contribution in [-0.4, -0.2) is 68.5 Å². The molecule has 4 rings (SSSR count). The Morgan fingerprint density at radius 1 is 1.44 bits per heavy atom. The second kappa shape index (κ2) is 11.8. The number of carboxylic acids is 1. The number of nitrogens with two attached hydrogens (primary N) is 1. The van der Waals surface area contributed by atoms with Crippen molar-refractivity contribution in [1.29, 1.82) is 0 Å². The number of carbonyl (C=O) groups is 3. The van der Waals surface area contributed by atoms with E-state index in [0.29, 0.717) is 21.1 Å². The first-order valence-electron chi connectivity index (χ1n) is 9.93. The van der Waals surface area contributed by atoms with Gasteiger partial charge in [-0.2, -0.15) is 0 Å². The standard InChI is InChI=1S/C19H19N7O6S3.Na/c1-8-3-4-11(23-26(8)31)33-5-9-6-34-17-13(16(28)25(17)14(9)18(29)30)22-15(27)12(24-32-2)10-7-35-19(20)21-10;/h3-4,7,13,17H,5-6H2,1-2H3,(H2,20,21)(H,22,27)(H,29,30);/q;+1/p-1/t13?,17-;/m0./s1. The van der Waals surface area contributed by atoms with Gasteiger partial charge in [-0.15, -0.1) is 23.1 Å². The molecule has 2 aromatic heterocycles. The maximum Gasteiger partial charge on any atom is 1.00 e. The van der Waals surface area contributed by atoms with Crippen molar-refractivity contribution < 1.29 is 58.7 Å². The minimum Gasteiger partial charge on any atom is -0.594 e. The summed E-state index contributed by atoms with van der Waals surface area (Å²) >= 11 is 3.58. The molecule has 0 saturated carbocycles. The quantitative estimate of drug-likeness (QED) is 0.0604. The summed E-state index contributed by atoms with van der Waals surface area (Å²) in [4.78, 5) is 47.9. The smallest absolute Gasteiger partial charge is 0.594 e. The fourth-order valence-electron chi connectivity index (χ4n) is 3.38. The van der Waals surface area contributed by atoms with Crippen LogP contribution in [0, 0.1) is 12.1 Å². The monoisotopic (exact) mass is 559 g/mol. The Bertz CT molecular complexity index is 1270. The molecule has 1 fully saturated rings. The molecule has 13 nitrogen and oxygen atoms in total. The van der Waals surface area contributed by atoms with Gasteiger partial charge in [0, 0.05) is 35.0 Å². The van der Waals surface area contributed by atoms with Crippen LogP contribution in [0.3, 0.4) is 0 Å². The van der Waals surface area contributed by atoms with Crippen LogP contribution in [0.1, 0.15) is 11.4 Å². The van der Waals surface area contributed by atoms with Gasteiger partial charge in [0.2, 0.25) is 5.69 Å². The number of oxime groups is 1. The average Bonchev–Trinajstić information content (AvgIpc) is 3.26. The fourth-order valence-corrected chi connectivity index (χ4v) is 6.26. The summed E-state index contributed by atoms with van der Waals surface area (Å²) in [5.74, 6) is -2.35. The zero-order valence-corrected chi connectivity index (χ0v) is 23.7. The summed E-state index contributed by atoms with van der Waals surface area (Å²) in [6.45, 7) is 1.62. The number of anilines is 1. The Kier molecular flexibility index (Phi) is 9.23. The third-order valence-electron chi connectivity index (χ3n) is 5.04. The number of thioether (sulfide) groups is 2. The topological polar surface area (TPSA) is 190 Å². The number of β-lactam (4-membered cyclic amide) rings is 1. The molecule has 0 bridgehead atoms. The van der Waals surface area contributed by atoms with Crippen molar-refractivity contribution in [3.8, 4) is 0 Å². The number of nitrogen functional groups attached to an aromatic ring is 1. The van der Waals surface area contributed by atoms with Gasteiger partial charge >= 0.3 is 29.6 Å². The van der Waals surface area contributed by atoms with Crippen LogP contribution in [-0.2, 0) is 19.2 Å². The number of nitrogens with zero attached hydrogens (tertiary/aromatic N) is 5. The van der Waals surface area contributed by atoms with Crippen molar-refractivity contribution >= 4 is 63.5 Å². The molecule has 2 amide bonds. The minimum absolute atomic E-state index is 0. The fraction of sp³-hybridized carbons (Fsp3) is 0.316. The molecule has 1 unspecified atom stereocenters. The van der Waals surface area contributed by atoms with Crippen LogP contribution in [0.15, 0.2) is 39.0 Å². The molecule has 0 radical (unpaired) electrons. The molecule has 2 aliphatic heterocycles. The Labute approximate surface area is 239 Å². The number of thiazole rings is 1. The third-order valence-corrected chi connectivity index (χ3v) is 8.06. The number of hydrogen-bond acceptors (Lipinski definition) is 13. The van der Waals surface area contributed by atoms with Crippen molar-refractivity contribution in [2.24, 2.45) is 5.16 Å². The number of amides is 2. The molecule has 3 N–H and O–H groups in total. The molecule has 2 atom stereocenters. The first kappa shape index (κ1) is 28.2. The number of hydrogen-bond donors (Lipinski definition) is 2. The summed E-state index contributed by atoms with van der Waals surface area (Å²) in [5, 5.41) is 35.2. The molecular weight excluding hydrogens is 541 g/mol. The molecule has 0 spiro atoms. The van der Waals surface area contributed by atoms with Crippen molar-refractivity contribution in [2.45, 2.75) is 23.4 Å². The predicted octanol–water partition coefficient (Wildman–Crippen LogP) is -4.39. The second-order valence-electron chi connectivity index (χ2n) is 7.27. The SMILES string of the molecule is CON=C(C(=O)NC1C(=O)N2C(C(=O)[O-])=C(CSc3ccc(C)[n+]([O-])n3)CS[C@@H]12)c1csc(N)n1.[Na+]. The summed E-state index contributed by atoms with van der Waals surface area (Å²) in [7, 11) is 1.26. The number of carboxylic acid groups (broad SMARTS) is 1. The van der Waals surface area contributed by atoms with E-state index in [9.17, 15) is 24.7 Å². The Morgan fingerprint density at radius 3 is 2.81 bits per heavy atom. The zero-order valence-electron chi connectivity index (χ0n) is 19.3. The van der Waals surface area contributed by atoms with E-state index in [0.717, 1.165) is 16.2 Å². The Balaban J connectivity index is 0.00000361. The van der Waals surface area contributed by atoms with Crippen LogP contribution in [0.2, 0.25) is 0 Å². The molecule has 2 aromatic rings. The first-order valence-corrected chi connectivity index (χ1v) is 12.8. The van der Waals surface area contributed by atoms with Crippen LogP contribution in [0.5, 0.6) is 0 Å². The van der Waals surface area contributed by atoms with Gasteiger partial charge < -0.3 is 31.0 Å². The van der Waals surface area contributed by atoms with Gasteiger partial charge in [0.15, 0.2) is 15.9 Å². The molecule has 0 aromatic carbocycles. The van der Waals surface area contributed by atoms with Crippen molar-refractivity contribution in [1.82, 2.24) is 20.3 Å². The predicted molar refractivity (Wildman–Crippen MR) is 126 cm³/mol. The molecule has 36 heavy (non-hydrogen) atoms. The number of aromatic nitrogens is 3. The maximum absolute atomic E-state index is 12.9. The normalized spacial score (nSPS) is 19.2. The van der Waals surface area contributed by atoms with Crippen molar-refractivity contribution in [2.75, 3.05) is 24.3 Å². The van der Waals surface area contributed by atoms with Gasteiger partial charge in [0.05, 0.1) is 11.7 Å². The summed E-state index contributed by atoms with van der Waals surface area (Å²) in [6, 6.07) is 2.28. The van der Waals surface area contributed by atoms with Crippen LogP contribution in [0.4, 0.5) is 5.13 Å². The number of carbonyl (C=O) groups excluding carboxylic acids is 3.